The first kappa shape index (κ1) is 24.1. The average molecular weight is 359 g/mol. The highest BCUT2D eigenvalue weighted by molar-refractivity contribution is 6.64. The van der Waals surface area contributed by atoms with Crippen molar-refractivity contribution >= 4 is 8.56 Å². The molecule has 0 spiro atoms. The van der Waals surface area contributed by atoms with Gasteiger partial charge in [0.15, 0.2) is 0 Å². The van der Waals surface area contributed by atoms with Crippen LogP contribution in [0, 0.1) is 5.92 Å². The van der Waals surface area contributed by atoms with Crippen molar-refractivity contribution in [3.63, 3.8) is 0 Å². The molecule has 0 aromatic heterocycles. The molecule has 0 aromatic rings. The molecule has 3 heteroatoms. The fourth-order valence-corrected chi connectivity index (χ4v) is 4.30. The second kappa shape index (κ2) is 16.6. The molecule has 0 atom stereocenters. The first-order chi connectivity index (χ1) is 11.5. The van der Waals surface area contributed by atoms with Gasteiger partial charge in [-0.05, 0) is 25.4 Å². The Morgan fingerprint density at radius 1 is 0.625 bits per heavy atom. The molecule has 0 saturated heterocycles. The molecule has 0 unspecified atom stereocenters. The Labute approximate surface area is 154 Å². The van der Waals surface area contributed by atoms with Gasteiger partial charge in [0.25, 0.3) is 0 Å². The van der Waals surface area contributed by atoms with Crippen molar-refractivity contribution in [1.29, 1.82) is 0 Å². The van der Waals surface area contributed by atoms with Crippen LogP contribution in [0.5, 0.6) is 0 Å². The Bertz CT molecular complexity index is 254. The van der Waals surface area contributed by atoms with Crippen LogP contribution in [0.15, 0.2) is 0 Å². The smallest absolute Gasteiger partial charge is 0.331 e. The summed E-state index contributed by atoms with van der Waals surface area (Å²) in [5.41, 5.74) is 0. The van der Waals surface area contributed by atoms with E-state index in [1.807, 2.05) is 0 Å². The van der Waals surface area contributed by atoms with Gasteiger partial charge < -0.3 is 8.85 Å². The van der Waals surface area contributed by atoms with E-state index in [0.717, 1.165) is 13.2 Å². The summed E-state index contributed by atoms with van der Waals surface area (Å²) < 4.78 is 11.9. The lowest BCUT2D eigenvalue weighted by Crippen LogP contribution is -2.36. The summed E-state index contributed by atoms with van der Waals surface area (Å²) in [6.45, 7) is 12.7. The molecule has 24 heavy (non-hydrogen) atoms. The standard InChI is InChI=1S/C21H46O2Si/c1-6-7-8-9-10-11-12-13-14-15-16-17-18-19-22-24(4,5)23-20-21(2)3/h21H,6-20H2,1-5H3. The molecule has 0 bridgehead atoms. The van der Waals surface area contributed by atoms with Gasteiger partial charge in [-0.1, -0.05) is 97.8 Å². The third-order valence-corrected chi connectivity index (χ3v) is 6.22. The predicted octanol–water partition coefficient (Wildman–Crippen LogP) is 7.47. The SMILES string of the molecule is CCCCCCCCCCCCCCCO[Si](C)(C)OCC(C)C. The van der Waals surface area contributed by atoms with Gasteiger partial charge in [-0.25, -0.2) is 0 Å². The molecule has 0 aliphatic heterocycles. The van der Waals surface area contributed by atoms with Gasteiger partial charge in [0.05, 0.1) is 0 Å². The van der Waals surface area contributed by atoms with Gasteiger partial charge in [-0.15, -0.1) is 0 Å². The first-order valence-corrected chi connectivity index (χ1v) is 13.6. The van der Waals surface area contributed by atoms with E-state index in [1.165, 1.54) is 83.5 Å². The summed E-state index contributed by atoms with van der Waals surface area (Å²) in [7, 11) is -1.87. The summed E-state index contributed by atoms with van der Waals surface area (Å²) in [6.07, 6.45) is 18.2. The molecular formula is C21H46O2Si. The molecule has 0 aromatic carbocycles. The maximum Gasteiger partial charge on any atom is 0.331 e. The molecule has 0 amide bonds. The quantitative estimate of drug-likeness (QED) is 0.187. The molecule has 0 fully saturated rings. The van der Waals surface area contributed by atoms with Crippen LogP contribution in [0.25, 0.3) is 0 Å². The van der Waals surface area contributed by atoms with E-state index in [2.05, 4.69) is 33.9 Å². The van der Waals surface area contributed by atoms with Gasteiger partial charge in [0.1, 0.15) is 0 Å². The Morgan fingerprint density at radius 2 is 1.04 bits per heavy atom. The minimum absolute atomic E-state index is 0.594. The lowest BCUT2D eigenvalue weighted by Gasteiger charge is -2.24. The predicted molar refractivity (Wildman–Crippen MR) is 110 cm³/mol. The minimum atomic E-state index is -1.87. The second-order valence-electron chi connectivity index (χ2n) is 8.20. The van der Waals surface area contributed by atoms with Gasteiger partial charge in [-0.2, -0.15) is 0 Å². The van der Waals surface area contributed by atoms with Crippen LogP contribution >= 0.6 is 0 Å². The maximum atomic E-state index is 6.00. The van der Waals surface area contributed by atoms with E-state index in [0.29, 0.717) is 5.92 Å². The molecule has 146 valence electrons. The van der Waals surface area contributed by atoms with Crippen LogP contribution in [0.2, 0.25) is 13.1 Å². The first-order valence-electron chi connectivity index (χ1n) is 10.8. The lowest BCUT2D eigenvalue weighted by molar-refractivity contribution is 0.159. The average Bonchev–Trinajstić information content (AvgIpc) is 2.53. The summed E-state index contributed by atoms with van der Waals surface area (Å²) in [5, 5.41) is 0. The third-order valence-electron chi connectivity index (χ3n) is 4.46. The number of unbranched alkanes of at least 4 members (excludes halogenated alkanes) is 12. The van der Waals surface area contributed by atoms with Crippen molar-refractivity contribution in [3.05, 3.63) is 0 Å². The van der Waals surface area contributed by atoms with Crippen LogP contribution in [-0.4, -0.2) is 21.8 Å². The topological polar surface area (TPSA) is 18.5 Å². The molecule has 0 saturated carbocycles. The Hall–Kier alpha value is 0.137. The zero-order valence-corrected chi connectivity index (χ0v) is 18.5. The fraction of sp³-hybridized carbons (Fsp3) is 1.00. The van der Waals surface area contributed by atoms with E-state index < -0.39 is 8.56 Å². The van der Waals surface area contributed by atoms with E-state index in [9.17, 15) is 0 Å². The van der Waals surface area contributed by atoms with Crippen LogP contribution in [0.4, 0.5) is 0 Å². The molecule has 0 radical (unpaired) electrons. The Morgan fingerprint density at radius 3 is 1.46 bits per heavy atom. The number of hydrogen-bond acceptors (Lipinski definition) is 2. The molecule has 0 N–H and O–H groups in total. The fourth-order valence-electron chi connectivity index (χ4n) is 2.85. The van der Waals surface area contributed by atoms with Gasteiger partial charge in [0.2, 0.25) is 0 Å². The summed E-state index contributed by atoms with van der Waals surface area (Å²) >= 11 is 0. The van der Waals surface area contributed by atoms with Crippen molar-refractivity contribution in [2.24, 2.45) is 5.92 Å². The van der Waals surface area contributed by atoms with E-state index in [4.69, 9.17) is 8.85 Å². The van der Waals surface area contributed by atoms with Crippen molar-refractivity contribution in [2.75, 3.05) is 13.2 Å². The van der Waals surface area contributed by atoms with Crippen molar-refractivity contribution in [2.45, 2.75) is 117 Å². The Kier molecular flexibility index (Phi) is 16.7. The summed E-state index contributed by atoms with van der Waals surface area (Å²) in [4.78, 5) is 0. The maximum absolute atomic E-state index is 6.00. The van der Waals surface area contributed by atoms with Crippen molar-refractivity contribution in [3.8, 4) is 0 Å². The van der Waals surface area contributed by atoms with Crippen molar-refractivity contribution in [1.82, 2.24) is 0 Å². The van der Waals surface area contributed by atoms with Gasteiger partial charge >= 0.3 is 8.56 Å². The van der Waals surface area contributed by atoms with Crippen LogP contribution in [0.3, 0.4) is 0 Å². The van der Waals surface area contributed by atoms with E-state index in [1.54, 1.807) is 0 Å². The number of rotatable bonds is 18. The molecule has 0 heterocycles. The molecule has 2 nitrogen and oxygen atoms in total. The lowest BCUT2D eigenvalue weighted by atomic mass is 10.0. The van der Waals surface area contributed by atoms with Crippen molar-refractivity contribution < 1.29 is 8.85 Å². The molecule has 0 aliphatic rings. The van der Waals surface area contributed by atoms with Gasteiger partial charge in [-0.3, -0.25) is 0 Å². The molecule has 0 rings (SSSR count). The Balaban J connectivity index is 3.22. The van der Waals surface area contributed by atoms with E-state index in [-0.39, 0.29) is 0 Å². The monoisotopic (exact) mass is 358 g/mol. The third kappa shape index (κ3) is 18.5. The van der Waals surface area contributed by atoms with Crippen LogP contribution in [0.1, 0.15) is 104 Å². The largest absolute Gasteiger partial charge is 0.395 e. The highest BCUT2D eigenvalue weighted by Gasteiger charge is 2.24. The molecular weight excluding hydrogens is 312 g/mol. The second-order valence-corrected chi connectivity index (χ2v) is 11.6. The summed E-state index contributed by atoms with van der Waals surface area (Å²) in [6, 6.07) is 0. The zero-order chi connectivity index (χ0) is 18.1. The normalized spacial score (nSPS) is 12.2. The minimum Gasteiger partial charge on any atom is -0.395 e. The highest BCUT2D eigenvalue weighted by atomic mass is 28.4. The highest BCUT2D eigenvalue weighted by Crippen LogP contribution is 2.13. The molecule has 0 aliphatic carbocycles. The van der Waals surface area contributed by atoms with Crippen LogP contribution in [-0.2, 0) is 8.85 Å². The zero-order valence-electron chi connectivity index (χ0n) is 17.5. The number of hydrogen-bond donors (Lipinski definition) is 0. The van der Waals surface area contributed by atoms with E-state index >= 15 is 0 Å². The van der Waals surface area contributed by atoms with Gasteiger partial charge in [0, 0.05) is 13.2 Å². The summed E-state index contributed by atoms with van der Waals surface area (Å²) in [5.74, 6) is 0.594. The van der Waals surface area contributed by atoms with Crippen LogP contribution < -0.4 is 0 Å².